The molecular weight excluding hydrogens is 308 g/mol. The minimum Gasteiger partial charge on any atom is -0.478 e. The molecule has 0 atom stereocenters. The van der Waals surface area contributed by atoms with Crippen molar-refractivity contribution in [3.63, 3.8) is 0 Å². The Balaban J connectivity index is 2.07. The highest BCUT2D eigenvalue weighted by Gasteiger charge is 2.05. The Morgan fingerprint density at radius 2 is 2.05 bits per heavy atom. The molecule has 7 heteroatoms. The lowest BCUT2D eigenvalue weighted by Crippen LogP contribution is -1.97. The Bertz CT molecular complexity index is 648. The van der Waals surface area contributed by atoms with Crippen LogP contribution < -0.4 is 4.74 Å². The highest BCUT2D eigenvalue weighted by atomic mass is 32.2. The number of hydrogen-bond donors (Lipinski definition) is 0. The Morgan fingerprint density at radius 3 is 2.82 bits per heavy atom. The van der Waals surface area contributed by atoms with Gasteiger partial charge >= 0.3 is 0 Å². The van der Waals surface area contributed by atoms with E-state index in [-0.39, 0.29) is 6.42 Å². The van der Waals surface area contributed by atoms with Crippen LogP contribution in [0.2, 0.25) is 0 Å². The molecule has 2 heterocycles. The summed E-state index contributed by atoms with van der Waals surface area (Å²) in [5, 5.41) is 0.536. The van der Waals surface area contributed by atoms with Crippen molar-refractivity contribution in [2.45, 2.75) is 18.5 Å². The lowest BCUT2D eigenvalue weighted by Gasteiger charge is -2.05. The van der Waals surface area contributed by atoms with Crippen LogP contribution in [0.15, 0.2) is 47.8 Å². The fourth-order valence-electron chi connectivity index (χ4n) is 1.66. The van der Waals surface area contributed by atoms with Gasteiger partial charge in [0.15, 0.2) is 5.16 Å². The zero-order valence-corrected chi connectivity index (χ0v) is 12.8. The molecular formula is C15H15F2N3OS. The second-order valence-electron chi connectivity index (χ2n) is 4.15. The van der Waals surface area contributed by atoms with Crippen LogP contribution in [0.25, 0.3) is 11.4 Å². The smallest absolute Gasteiger partial charge is 0.266 e. The largest absolute Gasteiger partial charge is 0.478 e. The number of pyridine rings is 1. The number of nitrogens with zero attached hydrogens (tertiary/aromatic N) is 3. The summed E-state index contributed by atoms with van der Waals surface area (Å²) in [6.07, 6.45) is 1.14. The Hall–Kier alpha value is -2.02. The van der Waals surface area contributed by atoms with Gasteiger partial charge in [-0.1, -0.05) is 17.8 Å². The lowest BCUT2D eigenvalue weighted by molar-refractivity contribution is 0.327. The molecule has 0 amide bonds. The van der Waals surface area contributed by atoms with Crippen LogP contribution in [0, 0.1) is 0 Å². The van der Waals surface area contributed by atoms with Crippen molar-refractivity contribution in [2.24, 2.45) is 0 Å². The van der Waals surface area contributed by atoms with Gasteiger partial charge in [-0.15, -0.1) is 0 Å². The van der Waals surface area contributed by atoms with Crippen molar-refractivity contribution in [1.29, 1.82) is 0 Å². The van der Waals surface area contributed by atoms with Gasteiger partial charge in [-0.2, -0.15) is 8.78 Å². The number of allylic oxidation sites excluding steroid dienone is 1. The molecule has 0 aromatic carbocycles. The minimum atomic E-state index is -1.66. The molecule has 22 heavy (non-hydrogen) atoms. The summed E-state index contributed by atoms with van der Waals surface area (Å²) in [5.74, 6) is 1.03. The van der Waals surface area contributed by atoms with E-state index in [2.05, 4.69) is 15.0 Å². The van der Waals surface area contributed by atoms with Crippen molar-refractivity contribution < 1.29 is 13.5 Å². The fourth-order valence-corrected chi connectivity index (χ4v) is 2.37. The van der Waals surface area contributed by atoms with E-state index in [1.165, 1.54) is 11.8 Å². The lowest BCUT2D eigenvalue weighted by atomic mass is 10.2. The molecule has 2 aromatic rings. The van der Waals surface area contributed by atoms with Crippen molar-refractivity contribution in [3.8, 4) is 17.3 Å². The highest BCUT2D eigenvalue weighted by molar-refractivity contribution is 7.99. The van der Waals surface area contributed by atoms with Crippen LogP contribution in [0.3, 0.4) is 0 Å². The first kappa shape index (κ1) is 16.4. The number of halogens is 2. The number of ether oxygens (including phenoxy) is 1. The Morgan fingerprint density at radius 1 is 1.23 bits per heavy atom. The van der Waals surface area contributed by atoms with Crippen molar-refractivity contribution in [2.75, 3.05) is 12.4 Å². The number of hydrogen-bond acceptors (Lipinski definition) is 5. The highest BCUT2D eigenvalue weighted by Crippen LogP contribution is 2.21. The van der Waals surface area contributed by atoms with Crippen LogP contribution in [0.1, 0.15) is 13.3 Å². The summed E-state index contributed by atoms with van der Waals surface area (Å²) >= 11 is 1.33. The predicted octanol–water partition coefficient (Wildman–Crippen LogP) is 4.20. The molecule has 0 radical (unpaired) electrons. The van der Waals surface area contributed by atoms with Crippen LogP contribution in [-0.2, 0) is 0 Å². The minimum absolute atomic E-state index is 0.276. The average Bonchev–Trinajstić information content (AvgIpc) is 2.52. The standard InChI is InChI=1S/C15H15F2N3OS/c1-2-21-14-7-3-5-11(19-14)12-8-9-18-15(20-12)22-10-4-6-13(16)17/h3,5-9H,2,4,10H2,1H3. The average molecular weight is 323 g/mol. The molecule has 0 fully saturated rings. The second-order valence-corrected chi connectivity index (χ2v) is 5.21. The van der Waals surface area contributed by atoms with E-state index >= 15 is 0 Å². The third-order valence-electron chi connectivity index (χ3n) is 2.56. The van der Waals surface area contributed by atoms with E-state index in [0.717, 1.165) is 6.08 Å². The van der Waals surface area contributed by atoms with Crippen LogP contribution in [-0.4, -0.2) is 27.3 Å². The van der Waals surface area contributed by atoms with E-state index in [1.807, 2.05) is 19.1 Å². The van der Waals surface area contributed by atoms with Crippen molar-refractivity contribution in [1.82, 2.24) is 15.0 Å². The van der Waals surface area contributed by atoms with Crippen LogP contribution >= 0.6 is 11.8 Å². The molecule has 116 valence electrons. The van der Waals surface area contributed by atoms with Gasteiger partial charge in [0.05, 0.1) is 18.0 Å². The van der Waals surface area contributed by atoms with Crippen LogP contribution in [0.5, 0.6) is 5.88 Å². The molecule has 0 aliphatic rings. The van der Waals surface area contributed by atoms with E-state index in [9.17, 15) is 8.78 Å². The van der Waals surface area contributed by atoms with Gasteiger partial charge in [-0.3, -0.25) is 0 Å². The zero-order valence-electron chi connectivity index (χ0n) is 12.0. The summed E-state index contributed by atoms with van der Waals surface area (Å²) in [7, 11) is 0. The molecule has 2 rings (SSSR count). The molecule has 2 aromatic heterocycles. The second kappa shape index (κ2) is 8.43. The zero-order chi connectivity index (χ0) is 15.8. The molecule has 0 spiro atoms. The van der Waals surface area contributed by atoms with Gasteiger partial charge in [-0.05, 0) is 31.6 Å². The molecule has 0 N–H and O–H groups in total. The molecule has 0 aliphatic carbocycles. The van der Waals surface area contributed by atoms with E-state index in [1.54, 1.807) is 18.3 Å². The monoisotopic (exact) mass is 323 g/mol. The van der Waals surface area contributed by atoms with Crippen LogP contribution in [0.4, 0.5) is 8.78 Å². The molecule has 4 nitrogen and oxygen atoms in total. The van der Waals surface area contributed by atoms with Crippen molar-refractivity contribution >= 4 is 11.8 Å². The SMILES string of the molecule is CCOc1cccc(-c2ccnc(SCCC=C(F)F)n2)n1. The van der Waals surface area contributed by atoms with Gasteiger partial charge in [-0.25, -0.2) is 15.0 Å². The van der Waals surface area contributed by atoms with Crippen molar-refractivity contribution in [3.05, 3.63) is 42.6 Å². The summed E-state index contributed by atoms with van der Waals surface area (Å²) in [6.45, 7) is 2.43. The fraction of sp³-hybridized carbons (Fsp3) is 0.267. The predicted molar refractivity (Wildman–Crippen MR) is 82.1 cm³/mol. The maximum Gasteiger partial charge on any atom is 0.266 e. The molecule has 0 aliphatic heterocycles. The Kier molecular flexibility index (Phi) is 6.27. The maximum absolute atomic E-state index is 11.9. The third kappa shape index (κ3) is 5.07. The summed E-state index contributed by atoms with van der Waals surface area (Å²) in [6, 6.07) is 7.21. The summed E-state index contributed by atoms with van der Waals surface area (Å²) < 4.78 is 29.3. The third-order valence-corrected chi connectivity index (χ3v) is 3.45. The summed E-state index contributed by atoms with van der Waals surface area (Å²) in [4.78, 5) is 12.9. The van der Waals surface area contributed by atoms with Gasteiger partial charge in [0.2, 0.25) is 5.88 Å². The van der Waals surface area contributed by atoms with Gasteiger partial charge in [0.1, 0.15) is 0 Å². The topological polar surface area (TPSA) is 47.9 Å². The maximum atomic E-state index is 11.9. The van der Waals surface area contributed by atoms with Gasteiger partial charge < -0.3 is 4.74 Å². The summed E-state index contributed by atoms with van der Waals surface area (Å²) in [5.41, 5.74) is 1.36. The molecule has 0 unspecified atom stereocenters. The first-order valence-corrected chi connectivity index (χ1v) is 7.75. The first-order valence-electron chi connectivity index (χ1n) is 6.76. The van der Waals surface area contributed by atoms with Gasteiger partial charge in [0, 0.05) is 18.0 Å². The molecule has 0 saturated carbocycles. The molecule has 0 saturated heterocycles. The molecule has 0 bridgehead atoms. The quantitative estimate of drug-likeness (QED) is 0.434. The number of aromatic nitrogens is 3. The van der Waals surface area contributed by atoms with Gasteiger partial charge in [0.25, 0.3) is 6.08 Å². The number of thioether (sulfide) groups is 1. The normalized spacial score (nSPS) is 10.3. The Labute approximate surface area is 131 Å². The number of rotatable bonds is 7. The van der Waals surface area contributed by atoms with E-state index < -0.39 is 6.08 Å². The van der Waals surface area contributed by atoms with E-state index in [4.69, 9.17) is 4.74 Å². The van der Waals surface area contributed by atoms with E-state index in [0.29, 0.717) is 34.8 Å². The first-order chi connectivity index (χ1) is 10.7.